The maximum Gasteiger partial charge on any atom is 0.271 e. The zero-order valence-electron chi connectivity index (χ0n) is 19.3. The number of methoxy groups -OCH3 is 1. The molecular weight excluding hydrogens is 561 g/mol. The molecule has 0 saturated carbocycles. The molecule has 8 nitrogen and oxygen atoms in total. The molecule has 35 heavy (non-hydrogen) atoms. The standard InChI is InChI=1S/C26H22IN3O5/c1-16-7-17(2)9-19(8-16)15-35-25-23(27)11-18(12-24(25)34-3)10-20(14-28)26(31)29-21-5-4-6-22(13-21)30(32)33/h4-13H,15H2,1-3H3,(H,29,31)/b20-10+. The minimum atomic E-state index is -0.683. The highest BCUT2D eigenvalue weighted by atomic mass is 127. The molecule has 3 aromatic rings. The Morgan fingerprint density at radius 3 is 2.51 bits per heavy atom. The molecular formula is C26H22IN3O5. The van der Waals surface area contributed by atoms with Gasteiger partial charge in [-0.1, -0.05) is 35.4 Å². The van der Waals surface area contributed by atoms with Gasteiger partial charge in [-0.2, -0.15) is 5.26 Å². The first-order valence-corrected chi connectivity index (χ1v) is 11.5. The van der Waals surface area contributed by atoms with Crippen molar-refractivity contribution in [2.45, 2.75) is 20.5 Å². The number of nitriles is 1. The van der Waals surface area contributed by atoms with Crippen molar-refractivity contribution in [2.75, 3.05) is 12.4 Å². The van der Waals surface area contributed by atoms with Gasteiger partial charge < -0.3 is 14.8 Å². The van der Waals surface area contributed by atoms with Gasteiger partial charge in [0.2, 0.25) is 0 Å². The van der Waals surface area contributed by atoms with Crippen molar-refractivity contribution in [3.05, 3.63) is 96.1 Å². The van der Waals surface area contributed by atoms with Gasteiger partial charge in [-0.15, -0.1) is 0 Å². The van der Waals surface area contributed by atoms with E-state index in [1.165, 1.54) is 37.5 Å². The third kappa shape index (κ3) is 6.80. The summed E-state index contributed by atoms with van der Waals surface area (Å²) in [6, 6.07) is 17.0. The third-order valence-corrected chi connectivity index (χ3v) is 5.71. The van der Waals surface area contributed by atoms with Crippen LogP contribution in [0.4, 0.5) is 11.4 Å². The molecule has 0 spiro atoms. The minimum absolute atomic E-state index is 0.166. The summed E-state index contributed by atoms with van der Waals surface area (Å²) in [6.07, 6.45) is 1.42. The van der Waals surface area contributed by atoms with Crippen LogP contribution in [-0.2, 0) is 11.4 Å². The Kier molecular flexibility index (Phi) is 8.43. The molecule has 0 radical (unpaired) electrons. The predicted octanol–water partition coefficient (Wildman–Crippen LogP) is 5.95. The van der Waals surface area contributed by atoms with E-state index in [-0.39, 0.29) is 16.9 Å². The smallest absolute Gasteiger partial charge is 0.271 e. The number of hydrogen-bond acceptors (Lipinski definition) is 6. The van der Waals surface area contributed by atoms with E-state index >= 15 is 0 Å². The largest absolute Gasteiger partial charge is 0.493 e. The molecule has 0 aliphatic carbocycles. The predicted molar refractivity (Wildman–Crippen MR) is 141 cm³/mol. The van der Waals surface area contributed by atoms with Gasteiger partial charge in [0.15, 0.2) is 11.5 Å². The Morgan fingerprint density at radius 2 is 1.89 bits per heavy atom. The number of anilines is 1. The first-order valence-electron chi connectivity index (χ1n) is 10.4. The summed E-state index contributed by atoms with van der Waals surface area (Å²) in [4.78, 5) is 23.0. The molecule has 0 fully saturated rings. The van der Waals surface area contributed by atoms with E-state index in [2.05, 4.69) is 46.1 Å². The molecule has 178 valence electrons. The molecule has 0 unspecified atom stereocenters. The molecule has 3 rings (SSSR count). The normalized spacial score (nSPS) is 10.9. The summed E-state index contributed by atoms with van der Waals surface area (Å²) in [5.74, 6) is 0.338. The average Bonchev–Trinajstić information content (AvgIpc) is 2.81. The zero-order valence-corrected chi connectivity index (χ0v) is 21.5. The Labute approximate surface area is 216 Å². The van der Waals surface area contributed by atoms with E-state index in [0.29, 0.717) is 23.7 Å². The monoisotopic (exact) mass is 583 g/mol. The minimum Gasteiger partial charge on any atom is -0.493 e. The van der Waals surface area contributed by atoms with Gasteiger partial charge >= 0.3 is 0 Å². The van der Waals surface area contributed by atoms with Gasteiger partial charge in [0, 0.05) is 17.8 Å². The summed E-state index contributed by atoms with van der Waals surface area (Å²) < 4.78 is 12.3. The number of rotatable bonds is 8. The average molecular weight is 583 g/mol. The highest BCUT2D eigenvalue weighted by Gasteiger charge is 2.15. The van der Waals surface area contributed by atoms with Crippen LogP contribution in [0.5, 0.6) is 11.5 Å². The van der Waals surface area contributed by atoms with Gasteiger partial charge in [-0.05, 0) is 71.8 Å². The van der Waals surface area contributed by atoms with E-state index in [1.807, 2.05) is 19.9 Å². The van der Waals surface area contributed by atoms with Gasteiger partial charge in [0.1, 0.15) is 18.2 Å². The lowest BCUT2D eigenvalue weighted by Crippen LogP contribution is -2.13. The van der Waals surface area contributed by atoms with E-state index in [9.17, 15) is 20.2 Å². The summed E-state index contributed by atoms with van der Waals surface area (Å²) in [7, 11) is 1.52. The van der Waals surface area contributed by atoms with Crippen molar-refractivity contribution in [2.24, 2.45) is 0 Å². The number of aryl methyl sites for hydroxylation is 2. The second-order valence-electron chi connectivity index (χ2n) is 7.75. The zero-order chi connectivity index (χ0) is 25.5. The van der Waals surface area contributed by atoms with Crippen molar-refractivity contribution >= 4 is 45.9 Å². The fourth-order valence-corrected chi connectivity index (χ4v) is 4.26. The highest BCUT2D eigenvalue weighted by Crippen LogP contribution is 2.35. The lowest BCUT2D eigenvalue weighted by atomic mass is 10.1. The molecule has 0 bridgehead atoms. The van der Waals surface area contributed by atoms with Crippen LogP contribution in [0.3, 0.4) is 0 Å². The van der Waals surface area contributed by atoms with Crippen LogP contribution in [0.2, 0.25) is 0 Å². The number of hydrogen-bond donors (Lipinski definition) is 1. The fourth-order valence-electron chi connectivity index (χ4n) is 3.48. The van der Waals surface area contributed by atoms with Crippen molar-refractivity contribution in [3.63, 3.8) is 0 Å². The van der Waals surface area contributed by atoms with Crippen molar-refractivity contribution in [1.29, 1.82) is 5.26 Å². The fraction of sp³-hybridized carbons (Fsp3) is 0.154. The number of amides is 1. The number of benzene rings is 3. The summed E-state index contributed by atoms with van der Waals surface area (Å²) in [5, 5.41) is 23.0. The Hall–Kier alpha value is -3.91. The molecule has 1 N–H and O–H groups in total. The second-order valence-corrected chi connectivity index (χ2v) is 8.91. The topological polar surface area (TPSA) is 114 Å². The second kappa shape index (κ2) is 11.5. The van der Waals surface area contributed by atoms with E-state index in [1.54, 1.807) is 12.1 Å². The molecule has 1 amide bonds. The number of nitrogens with one attached hydrogen (secondary N) is 1. The molecule has 0 aliphatic heterocycles. The van der Waals surface area contributed by atoms with Crippen LogP contribution in [0, 0.1) is 38.9 Å². The summed E-state index contributed by atoms with van der Waals surface area (Å²) in [6.45, 7) is 4.42. The molecule has 9 heteroatoms. The number of nitrogens with zero attached hydrogens (tertiary/aromatic N) is 2. The van der Waals surface area contributed by atoms with Crippen LogP contribution in [0.25, 0.3) is 6.08 Å². The Morgan fingerprint density at radius 1 is 1.17 bits per heavy atom. The van der Waals surface area contributed by atoms with Gasteiger partial charge in [0.25, 0.3) is 11.6 Å². The third-order valence-electron chi connectivity index (χ3n) is 4.91. The lowest BCUT2D eigenvalue weighted by Gasteiger charge is -2.14. The molecule has 3 aromatic carbocycles. The number of nitro groups is 1. The van der Waals surface area contributed by atoms with Gasteiger partial charge in [-0.25, -0.2) is 0 Å². The number of carbonyl (C=O) groups is 1. The summed E-state index contributed by atoms with van der Waals surface area (Å²) in [5.41, 5.74) is 3.79. The SMILES string of the molecule is COc1cc(/C=C(\C#N)C(=O)Nc2cccc([N+](=O)[O-])c2)cc(I)c1OCc1cc(C)cc(C)c1. The Bertz CT molecular complexity index is 1340. The van der Waals surface area contributed by atoms with Crippen molar-refractivity contribution in [3.8, 4) is 17.6 Å². The van der Waals surface area contributed by atoms with Crippen LogP contribution in [0.1, 0.15) is 22.3 Å². The molecule has 0 atom stereocenters. The molecule has 0 aromatic heterocycles. The highest BCUT2D eigenvalue weighted by molar-refractivity contribution is 14.1. The van der Waals surface area contributed by atoms with Gasteiger partial charge in [-0.3, -0.25) is 14.9 Å². The Balaban J connectivity index is 1.82. The maximum absolute atomic E-state index is 12.6. The first-order chi connectivity index (χ1) is 16.7. The lowest BCUT2D eigenvalue weighted by molar-refractivity contribution is -0.384. The van der Waals surface area contributed by atoms with E-state index < -0.39 is 10.8 Å². The van der Waals surface area contributed by atoms with Crippen LogP contribution in [-0.4, -0.2) is 17.9 Å². The molecule has 0 saturated heterocycles. The number of halogens is 1. The van der Waals surface area contributed by atoms with Crippen LogP contribution >= 0.6 is 22.6 Å². The molecule has 0 heterocycles. The van der Waals surface area contributed by atoms with E-state index in [0.717, 1.165) is 20.3 Å². The molecule has 0 aliphatic rings. The van der Waals surface area contributed by atoms with Crippen molar-refractivity contribution in [1.82, 2.24) is 0 Å². The van der Waals surface area contributed by atoms with Crippen LogP contribution < -0.4 is 14.8 Å². The number of carbonyl (C=O) groups excluding carboxylic acids is 1. The van der Waals surface area contributed by atoms with E-state index in [4.69, 9.17) is 9.47 Å². The van der Waals surface area contributed by atoms with Crippen molar-refractivity contribution < 1.29 is 19.2 Å². The number of nitro benzene ring substituents is 1. The first kappa shape index (κ1) is 25.7. The maximum atomic E-state index is 12.6. The van der Waals surface area contributed by atoms with Crippen LogP contribution in [0.15, 0.2) is 60.2 Å². The quantitative estimate of drug-likeness (QED) is 0.115. The number of ether oxygens (including phenoxy) is 2. The number of non-ortho nitro benzene ring substituents is 1. The summed E-state index contributed by atoms with van der Waals surface area (Å²) >= 11 is 2.11. The van der Waals surface area contributed by atoms with Gasteiger partial charge in [0.05, 0.1) is 15.6 Å².